The van der Waals surface area contributed by atoms with E-state index in [-0.39, 0.29) is 11.9 Å². The molecule has 1 aromatic rings. The Labute approximate surface area is 113 Å². The first-order chi connectivity index (χ1) is 9.06. The molecular weight excluding hydrogens is 242 g/mol. The van der Waals surface area contributed by atoms with Crippen molar-refractivity contribution in [2.45, 2.75) is 19.4 Å². The standard InChI is InChI=1S/C14H19N3O2/c1-4-9-17-11-8-6-5-7-10(11)12(13(17)18)15-14(19)16(2)3/h5-8,12H,4,9H2,1-3H3,(H,15,19). The average Bonchev–Trinajstić information content (AvgIpc) is 2.65. The molecule has 1 atom stereocenters. The van der Waals surface area contributed by atoms with Gasteiger partial charge in [-0.2, -0.15) is 0 Å². The molecule has 0 aliphatic carbocycles. The first-order valence-corrected chi connectivity index (χ1v) is 6.44. The van der Waals surface area contributed by atoms with Crippen LogP contribution in [0, 0.1) is 0 Å². The van der Waals surface area contributed by atoms with E-state index in [0.717, 1.165) is 17.7 Å². The predicted molar refractivity (Wildman–Crippen MR) is 74.0 cm³/mol. The van der Waals surface area contributed by atoms with Gasteiger partial charge in [-0.15, -0.1) is 0 Å². The van der Waals surface area contributed by atoms with Gasteiger partial charge in [0, 0.05) is 31.9 Å². The Morgan fingerprint density at radius 1 is 1.37 bits per heavy atom. The number of rotatable bonds is 3. The first-order valence-electron chi connectivity index (χ1n) is 6.44. The van der Waals surface area contributed by atoms with Crippen LogP contribution in [0.25, 0.3) is 0 Å². The van der Waals surface area contributed by atoms with E-state index in [1.165, 1.54) is 4.90 Å². The summed E-state index contributed by atoms with van der Waals surface area (Å²) in [4.78, 5) is 27.3. The normalized spacial score (nSPS) is 17.3. The van der Waals surface area contributed by atoms with Gasteiger partial charge >= 0.3 is 6.03 Å². The van der Waals surface area contributed by atoms with Gasteiger partial charge in [-0.05, 0) is 12.5 Å². The Balaban J connectivity index is 2.30. The van der Waals surface area contributed by atoms with Crippen LogP contribution in [0.15, 0.2) is 24.3 Å². The van der Waals surface area contributed by atoms with Crippen molar-refractivity contribution in [3.63, 3.8) is 0 Å². The summed E-state index contributed by atoms with van der Waals surface area (Å²) in [6.07, 6.45) is 0.883. The molecule has 1 heterocycles. The van der Waals surface area contributed by atoms with Gasteiger partial charge in [0.15, 0.2) is 0 Å². The van der Waals surface area contributed by atoms with Crippen molar-refractivity contribution >= 4 is 17.6 Å². The maximum absolute atomic E-state index is 12.4. The van der Waals surface area contributed by atoms with E-state index < -0.39 is 6.04 Å². The van der Waals surface area contributed by atoms with Gasteiger partial charge in [0.25, 0.3) is 5.91 Å². The Kier molecular flexibility index (Phi) is 3.74. The van der Waals surface area contributed by atoms with Crippen molar-refractivity contribution in [3.8, 4) is 0 Å². The quantitative estimate of drug-likeness (QED) is 0.901. The number of carbonyl (C=O) groups is 2. The maximum atomic E-state index is 12.4. The first kappa shape index (κ1) is 13.4. The molecule has 5 heteroatoms. The van der Waals surface area contributed by atoms with Gasteiger partial charge in [0.2, 0.25) is 0 Å². The Morgan fingerprint density at radius 3 is 2.68 bits per heavy atom. The van der Waals surface area contributed by atoms with Crippen LogP contribution in [0.1, 0.15) is 24.9 Å². The highest BCUT2D eigenvalue weighted by Gasteiger charge is 2.37. The monoisotopic (exact) mass is 261 g/mol. The molecular formula is C14H19N3O2. The maximum Gasteiger partial charge on any atom is 0.317 e. The van der Waals surface area contributed by atoms with Crippen molar-refractivity contribution in [2.24, 2.45) is 0 Å². The fraction of sp³-hybridized carbons (Fsp3) is 0.429. The second kappa shape index (κ2) is 5.30. The molecule has 1 aliphatic heterocycles. The third-order valence-electron chi connectivity index (χ3n) is 3.17. The second-order valence-corrected chi connectivity index (χ2v) is 4.83. The number of benzene rings is 1. The number of amides is 3. The molecule has 0 radical (unpaired) electrons. The number of fused-ring (bicyclic) bond motifs is 1. The summed E-state index contributed by atoms with van der Waals surface area (Å²) in [5, 5.41) is 2.77. The molecule has 1 aromatic carbocycles. The molecule has 5 nitrogen and oxygen atoms in total. The Hall–Kier alpha value is -2.04. The van der Waals surface area contributed by atoms with Gasteiger partial charge in [-0.25, -0.2) is 4.79 Å². The lowest BCUT2D eigenvalue weighted by Crippen LogP contribution is -2.42. The zero-order valence-corrected chi connectivity index (χ0v) is 11.5. The van der Waals surface area contributed by atoms with Gasteiger partial charge < -0.3 is 15.1 Å². The molecule has 0 fully saturated rings. The molecule has 0 spiro atoms. The SMILES string of the molecule is CCCN1C(=O)C(NC(=O)N(C)C)c2ccccc21. The number of hydrogen-bond acceptors (Lipinski definition) is 2. The molecule has 0 bridgehead atoms. The molecule has 3 amide bonds. The highest BCUT2D eigenvalue weighted by atomic mass is 16.2. The minimum Gasteiger partial charge on any atom is -0.331 e. The van der Waals surface area contributed by atoms with E-state index in [9.17, 15) is 9.59 Å². The number of nitrogens with zero attached hydrogens (tertiary/aromatic N) is 2. The fourth-order valence-corrected chi connectivity index (χ4v) is 2.23. The summed E-state index contributed by atoms with van der Waals surface area (Å²) in [6.45, 7) is 2.70. The number of carbonyl (C=O) groups excluding carboxylic acids is 2. The minimum absolute atomic E-state index is 0.0572. The van der Waals surface area contributed by atoms with Crippen LogP contribution in [0.4, 0.5) is 10.5 Å². The summed E-state index contributed by atoms with van der Waals surface area (Å²) in [7, 11) is 3.31. The average molecular weight is 261 g/mol. The van der Waals surface area contributed by atoms with Crippen LogP contribution in [-0.4, -0.2) is 37.5 Å². The molecule has 1 N–H and O–H groups in total. The van der Waals surface area contributed by atoms with E-state index in [1.807, 2.05) is 31.2 Å². The second-order valence-electron chi connectivity index (χ2n) is 4.83. The number of hydrogen-bond donors (Lipinski definition) is 1. The van der Waals surface area contributed by atoms with Crippen molar-refractivity contribution in [1.82, 2.24) is 10.2 Å². The Morgan fingerprint density at radius 2 is 2.05 bits per heavy atom. The Bertz CT molecular complexity index is 499. The van der Waals surface area contributed by atoms with Crippen LogP contribution in [-0.2, 0) is 4.79 Å². The molecule has 1 aliphatic rings. The molecule has 0 aromatic heterocycles. The zero-order chi connectivity index (χ0) is 14.0. The lowest BCUT2D eigenvalue weighted by atomic mass is 10.1. The van der Waals surface area contributed by atoms with Crippen LogP contribution < -0.4 is 10.2 Å². The smallest absolute Gasteiger partial charge is 0.317 e. The third kappa shape index (κ3) is 2.41. The lowest BCUT2D eigenvalue weighted by molar-refractivity contribution is -0.119. The summed E-state index contributed by atoms with van der Waals surface area (Å²) >= 11 is 0. The molecule has 0 saturated carbocycles. The summed E-state index contributed by atoms with van der Waals surface area (Å²) in [5.41, 5.74) is 1.77. The van der Waals surface area contributed by atoms with E-state index in [4.69, 9.17) is 0 Å². The molecule has 2 rings (SSSR count). The third-order valence-corrected chi connectivity index (χ3v) is 3.17. The number of anilines is 1. The zero-order valence-electron chi connectivity index (χ0n) is 11.5. The van der Waals surface area contributed by atoms with E-state index >= 15 is 0 Å². The van der Waals surface area contributed by atoms with Gasteiger partial charge in [-0.3, -0.25) is 4.79 Å². The van der Waals surface area contributed by atoms with Crippen LogP contribution in [0.2, 0.25) is 0 Å². The highest BCUT2D eigenvalue weighted by molar-refractivity contribution is 6.06. The van der Waals surface area contributed by atoms with E-state index in [1.54, 1.807) is 19.0 Å². The number of para-hydroxylation sites is 1. The summed E-state index contributed by atoms with van der Waals surface area (Å²) in [5.74, 6) is -0.0572. The summed E-state index contributed by atoms with van der Waals surface area (Å²) in [6, 6.07) is 6.78. The van der Waals surface area contributed by atoms with Crippen LogP contribution in [0.3, 0.4) is 0 Å². The van der Waals surface area contributed by atoms with Crippen molar-refractivity contribution in [1.29, 1.82) is 0 Å². The topological polar surface area (TPSA) is 52.7 Å². The largest absolute Gasteiger partial charge is 0.331 e. The molecule has 19 heavy (non-hydrogen) atoms. The van der Waals surface area contributed by atoms with E-state index in [0.29, 0.717) is 6.54 Å². The molecule has 1 unspecified atom stereocenters. The molecule has 0 saturated heterocycles. The highest BCUT2D eigenvalue weighted by Crippen LogP contribution is 2.35. The van der Waals surface area contributed by atoms with Crippen molar-refractivity contribution in [2.75, 3.05) is 25.5 Å². The fourth-order valence-electron chi connectivity index (χ4n) is 2.23. The predicted octanol–water partition coefficient (Wildman–Crippen LogP) is 1.76. The van der Waals surface area contributed by atoms with E-state index in [2.05, 4.69) is 5.32 Å². The van der Waals surface area contributed by atoms with Gasteiger partial charge in [0.1, 0.15) is 6.04 Å². The van der Waals surface area contributed by atoms with Gasteiger partial charge in [0.05, 0.1) is 0 Å². The lowest BCUT2D eigenvalue weighted by Gasteiger charge is -2.18. The molecule has 102 valence electrons. The van der Waals surface area contributed by atoms with Crippen molar-refractivity contribution < 1.29 is 9.59 Å². The number of nitrogens with one attached hydrogen (secondary N) is 1. The van der Waals surface area contributed by atoms with Crippen molar-refractivity contribution in [3.05, 3.63) is 29.8 Å². The van der Waals surface area contributed by atoms with Crippen LogP contribution in [0.5, 0.6) is 0 Å². The van der Waals surface area contributed by atoms with Gasteiger partial charge in [-0.1, -0.05) is 25.1 Å². The number of urea groups is 1. The van der Waals surface area contributed by atoms with Crippen LogP contribution >= 0.6 is 0 Å². The minimum atomic E-state index is -0.572. The summed E-state index contributed by atoms with van der Waals surface area (Å²) < 4.78 is 0.